The Hall–Kier alpha value is -1.36. The van der Waals surface area contributed by atoms with E-state index in [1.165, 1.54) is 7.11 Å². The maximum absolute atomic E-state index is 11.4. The number of thiol groups is 1. The lowest BCUT2D eigenvalue weighted by Crippen LogP contribution is -2.07. The van der Waals surface area contributed by atoms with Gasteiger partial charge in [0.2, 0.25) is 0 Å². The zero-order valence-electron chi connectivity index (χ0n) is 9.23. The molecule has 0 amide bonds. The topological polar surface area (TPSA) is 44.8 Å². The maximum atomic E-state index is 11.4. The van der Waals surface area contributed by atoms with Gasteiger partial charge in [0, 0.05) is 11.8 Å². The van der Waals surface area contributed by atoms with Crippen molar-refractivity contribution in [3.8, 4) is 11.5 Å². The Bertz CT molecular complexity index is 365. The van der Waals surface area contributed by atoms with Crippen LogP contribution in [0.15, 0.2) is 18.2 Å². The van der Waals surface area contributed by atoms with Crippen molar-refractivity contribution in [3.63, 3.8) is 0 Å². The lowest BCUT2D eigenvalue weighted by molar-refractivity contribution is 0.0596. The predicted molar refractivity (Wildman–Crippen MR) is 63.7 cm³/mol. The van der Waals surface area contributed by atoms with Crippen molar-refractivity contribution in [1.29, 1.82) is 0 Å². The Morgan fingerprint density at radius 3 is 2.69 bits per heavy atom. The minimum atomic E-state index is -0.434. The van der Waals surface area contributed by atoms with E-state index < -0.39 is 5.97 Å². The summed E-state index contributed by atoms with van der Waals surface area (Å²) >= 11 is 4.04. The Kier molecular flexibility index (Phi) is 4.98. The van der Waals surface area contributed by atoms with Crippen LogP contribution < -0.4 is 9.47 Å². The number of esters is 1. The average Bonchev–Trinajstić information content (AvgIpc) is 2.34. The third-order valence-electron chi connectivity index (χ3n) is 1.94. The monoisotopic (exact) mass is 242 g/mol. The molecule has 0 aliphatic heterocycles. The summed E-state index contributed by atoms with van der Waals surface area (Å²) in [4.78, 5) is 11.4. The molecule has 0 spiro atoms. The number of benzene rings is 1. The van der Waals surface area contributed by atoms with Gasteiger partial charge in [0.1, 0.15) is 17.1 Å². The van der Waals surface area contributed by atoms with E-state index in [2.05, 4.69) is 17.4 Å². The van der Waals surface area contributed by atoms with Crippen LogP contribution in [-0.4, -0.2) is 32.5 Å². The summed E-state index contributed by atoms with van der Waals surface area (Å²) < 4.78 is 15.1. The summed E-state index contributed by atoms with van der Waals surface area (Å²) in [6.45, 7) is 0.417. The molecule has 0 saturated carbocycles. The summed E-state index contributed by atoms with van der Waals surface area (Å²) in [5, 5.41) is 0. The van der Waals surface area contributed by atoms with E-state index >= 15 is 0 Å². The number of methoxy groups -OCH3 is 2. The first-order valence-corrected chi connectivity index (χ1v) is 5.36. The van der Waals surface area contributed by atoms with E-state index in [1.54, 1.807) is 25.3 Å². The quantitative estimate of drug-likeness (QED) is 0.631. The van der Waals surface area contributed by atoms with Gasteiger partial charge in [-0.15, -0.1) is 0 Å². The van der Waals surface area contributed by atoms with Crippen LogP contribution in [0, 0.1) is 0 Å². The second kappa shape index (κ2) is 6.27. The molecule has 1 aromatic rings. The minimum Gasteiger partial charge on any atom is -0.497 e. The number of hydrogen-bond donors (Lipinski definition) is 1. The molecule has 5 heteroatoms. The number of carbonyl (C=O) groups is 1. The van der Waals surface area contributed by atoms with E-state index in [1.807, 2.05) is 0 Å². The van der Waals surface area contributed by atoms with Crippen LogP contribution in [0.4, 0.5) is 0 Å². The van der Waals surface area contributed by atoms with Crippen LogP contribution in [-0.2, 0) is 4.74 Å². The van der Waals surface area contributed by atoms with Gasteiger partial charge in [0.15, 0.2) is 0 Å². The summed E-state index contributed by atoms with van der Waals surface area (Å²) in [6.07, 6.45) is 0. The van der Waals surface area contributed by atoms with Crippen molar-refractivity contribution in [2.24, 2.45) is 0 Å². The molecule has 0 atom stereocenters. The molecule has 1 aromatic carbocycles. The Labute approximate surface area is 99.9 Å². The molecule has 0 aliphatic carbocycles. The molecule has 0 unspecified atom stereocenters. The van der Waals surface area contributed by atoms with Gasteiger partial charge in [-0.1, -0.05) is 0 Å². The molecule has 0 radical (unpaired) electrons. The standard InChI is InChI=1S/C11H14O4S/c1-13-8-3-4-9(11(12)14-2)10(7-8)15-5-6-16/h3-4,7,16H,5-6H2,1-2H3. The van der Waals surface area contributed by atoms with E-state index in [-0.39, 0.29) is 0 Å². The summed E-state index contributed by atoms with van der Waals surface area (Å²) in [7, 11) is 2.88. The van der Waals surface area contributed by atoms with E-state index in [4.69, 9.17) is 9.47 Å². The summed E-state index contributed by atoms with van der Waals surface area (Å²) in [6, 6.07) is 4.94. The smallest absolute Gasteiger partial charge is 0.341 e. The van der Waals surface area contributed by atoms with E-state index in [0.717, 1.165) is 0 Å². The van der Waals surface area contributed by atoms with Crippen molar-refractivity contribution in [1.82, 2.24) is 0 Å². The Morgan fingerprint density at radius 1 is 1.38 bits per heavy atom. The molecule has 0 bridgehead atoms. The second-order valence-corrected chi connectivity index (χ2v) is 3.37. The van der Waals surface area contributed by atoms with Crippen LogP contribution in [0.3, 0.4) is 0 Å². The zero-order valence-corrected chi connectivity index (χ0v) is 10.1. The van der Waals surface area contributed by atoms with Crippen molar-refractivity contribution in [3.05, 3.63) is 23.8 Å². The number of rotatable bonds is 5. The molecule has 0 saturated heterocycles. The molecule has 4 nitrogen and oxygen atoms in total. The molecule has 1 rings (SSSR count). The fourth-order valence-corrected chi connectivity index (χ4v) is 1.27. The molecular weight excluding hydrogens is 228 g/mol. The summed E-state index contributed by atoms with van der Waals surface area (Å²) in [5.74, 6) is 1.21. The zero-order chi connectivity index (χ0) is 12.0. The van der Waals surface area contributed by atoms with Crippen molar-refractivity contribution in [2.45, 2.75) is 0 Å². The molecule has 0 aliphatic rings. The van der Waals surface area contributed by atoms with E-state index in [0.29, 0.717) is 29.4 Å². The van der Waals surface area contributed by atoms with Gasteiger partial charge in [0.05, 0.1) is 20.8 Å². The highest BCUT2D eigenvalue weighted by atomic mass is 32.1. The largest absolute Gasteiger partial charge is 0.497 e. The highest BCUT2D eigenvalue weighted by molar-refractivity contribution is 7.80. The second-order valence-electron chi connectivity index (χ2n) is 2.93. The number of ether oxygens (including phenoxy) is 3. The van der Waals surface area contributed by atoms with Crippen molar-refractivity contribution < 1.29 is 19.0 Å². The first kappa shape index (κ1) is 12.7. The van der Waals surface area contributed by atoms with Crippen LogP contribution in [0.2, 0.25) is 0 Å². The molecule has 0 heterocycles. The van der Waals surface area contributed by atoms with Crippen LogP contribution in [0.5, 0.6) is 11.5 Å². The Balaban J connectivity index is 3.00. The number of hydrogen-bond acceptors (Lipinski definition) is 5. The fourth-order valence-electron chi connectivity index (χ4n) is 1.18. The molecule has 0 aromatic heterocycles. The van der Waals surface area contributed by atoms with E-state index in [9.17, 15) is 4.79 Å². The highest BCUT2D eigenvalue weighted by Crippen LogP contribution is 2.25. The SMILES string of the molecule is COC(=O)c1ccc(OC)cc1OCCS. The van der Waals surface area contributed by atoms with Gasteiger partial charge < -0.3 is 14.2 Å². The third kappa shape index (κ3) is 3.06. The van der Waals surface area contributed by atoms with Crippen molar-refractivity contribution >= 4 is 18.6 Å². The van der Waals surface area contributed by atoms with Gasteiger partial charge >= 0.3 is 5.97 Å². The lowest BCUT2D eigenvalue weighted by atomic mass is 10.2. The predicted octanol–water partition coefficient (Wildman–Crippen LogP) is 1.79. The first-order chi connectivity index (χ1) is 7.72. The van der Waals surface area contributed by atoms with Gasteiger partial charge in [-0.05, 0) is 12.1 Å². The number of carbonyl (C=O) groups excluding carboxylic acids is 1. The molecular formula is C11H14O4S. The average molecular weight is 242 g/mol. The van der Waals surface area contributed by atoms with Gasteiger partial charge in [-0.3, -0.25) is 0 Å². The molecule has 16 heavy (non-hydrogen) atoms. The normalized spacial score (nSPS) is 9.69. The fraction of sp³-hybridized carbons (Fsp3) is 0.364. The van der Waals surface area contributed by atoms with Gasteiger partial charge in [-0.25, -0.2) is 4.79 Å². The Morgan fingerprint density at radius 2 is 2.12 bits per heavy atom. The molecule has 0 N–H and O–H groups in total. The summed E-state index contributed by atoms with van der Waals surface area (Å²) in [5.41, 5.74) is 0.380. The highest BCUT2D eigenvalue weighted by Gasteiger charge is 2.13. The lowest BCUT2D eigenvalue weighted by Gasteiger charge is -2.10. The van der Waals surface area contributed by atoms with Crippen molar-refractivity contribution in [2.75, 3.05) is 26.6 Å². The maximum Gasteiger partial charge on any atom is 0.341 e. The molecule has 0 fully saturated rings. The van der Waals surface area contributed by atoms with Gasteiger partial charge in [-0.2, -0.15) is 12.6 Å². The van der Waals surface area contributed by atoms with Crippen LogP contribution in [0.25, 0.3) is 0 Å². The van der Waals surface area contributed by atoms with Crippen LogP contribution >= 0.6 is 12.6 Å². The first-order valence-electron chi connectivity index (χ1n) is 4.73. The molecule has 88 valence electrons. The van der Waals surface area contributed by atoms with Gasteiger partial charge in [0.25, 0.3) is 0 Å². The third-order valence-corrected chi connectivity index (χ3v) is 2.13. The van der Waals surface area contributed by atoms with Crippen LogP contribution in [0.1, 0.15) is 10.4 Å². The minimum absolute atomic E-state index is 0.380.